The summed E-state index contributed by atoms with van der Waals surface area (Å²) >= 11 is 1.33. The fourth-order valence-corrected chi connectivity index (χ4v) is 5.35. The third-order valence-electron chi connectivity index (χ3n) is 3.72. The Morgan fingerprint density at radius 3 is 2.44 bits per heavy atom. The Bertz CT molecular complexity index is 434. The first-order valence-electron chi connectivity index (χ1n) is 6.76. The van der Waals surface area contributed by atoms with Crippen molar-refractivity contribution in [1.82, 2.24) is 0 Å². The minimum absolute atomic E-state index is 0.516. The van der Waals surface area contributed by atoms with Crippen molar-refractivity contribution >= 4 is 21.2 Å². The van der Waals surface area contributed by atoms with E-state index in [1.807, 2.05) is 25.3 Å². The summed E-state index contributed by atoms with van der Waals surface area (Å²) in [6.07, 6.45) is 5.96. The maximum absolute atomic E-state index is 12.6. The molecular formula is C14H24O2S2. The lowest BCUT2D eigenvalue weighted by Crippen LogP contribution is -2.34. The number of hydrogen-bond donors (Lipinski definition) is 0. The fraction of sp³-hybridized carbons (Fsp3) is 0.714. The molecule has 104 valence electrons. The third-order valence-corrected chi connectivity index (χ3v) is 7.78. The van der Waals surface area contributed by atoms with Gasteiger partial charge in [-0.15, -0.1) is 11.3 Å². The van der Waals surface area contributed by atoms with Crippen LogP contribution in [-0.2, 0) is 9.84 Å². The van der Waals surface area contributed by atoms with Gasteiger partial charge >= 0.3 is 0 Å². The first-order chi connectivity index (χ1) is 8.48. The zero-order chi connectivity index (χ0) is 13.6. The van der Waals surface area contributed by atoms with E-state index in [1.165, 1.54) is 24.2 Å². The molecule has 0 radical (unpaired) electrons. The van der Waals surface area contributed by atoms with Gasteiger partial charge in [-0.3, -0.25) is 0 Å². The number of thiophene rings is 1. The summed E-state index contributed by atoms with van der Waals surface area (Å²) in [7, 11) is -3.18. The minimum Gasteiger partial charge on any atom is -0.222 e. The number of sulfone groups is 1. The highest BCUT2D eigenvalue weighted by Gasteiger charge is 2.38. The van der Waals surface area contributed by atoms with Crippen LogP contribution in [0.2, 0.25) is 0 Å². The van der Waals surface area contributed by atoms with Gasteiger partial charge in [-0.2, -0.15) is 0 Å². The Kier molecular flexibility index (Phi) is 5.86. The van der Waals surface area contributed by atoms with E-state index in [2.05, 4.69) is 6.92 Å². The van der Waals surface area contributed by atoms with Gasteiger partial charge in [0.2, 0.25) is 0 Å². The molecule has 1 aromatic heterocycles. The second-order valence-corrected chi connectivity index (χ2v) is 8.69. The van der Waals surface area contributed by atoms with E-state index in [9.17, 15) is 8.42 Å². The zero-order valence-electron chi connectivity index (χ0n) is 11.6. The van der Waals surface area contributed by atoms with Crippen LogP contribution in [-0.4, -0.2) is 13.2 Å². The quantitative estimate of drug-likeness (QED) is 0.652. The monoisotopic (exact) mass is 288 g/mol. The van der Waals surface area contributed by atoms with Crippen LogP contribution in [0.5, 0.6) is 0 Å². The maximum atomic E-state index is 12.6. The van der Waals surface area contributed by atoms with E-state index >= 15 is 0 Å². The van der Waals surface area contributed by atoms with E-state index in [1.54, 1.807) is 6.07 Å². The van der Waals surface area contributed by atoms with Gasteiger partial charge in [-0.05, 0) is 31.2 Å². The van der Waals surface area contributed by atoms with Crippen LogP contribution in [0, 0.1) is 0 Å². The first kappa shape index (κ1) is 15.7. The van der Waals surface area contributed by atoms with Crippen molar-refractivity contribution in [3.63, 3.8) is 0 Å². The summed E-state index contributed by atoms with van der Waals surface area (Å²) in [5, 5.41) is 1.83. The predicted octanol–water partition coefficient (Wildman–Crippen LogP) is 4.66. The highest BCUT2D eigenvalue weighted by Crippen LogP contribution is 2.35. The van der Waals surface area contributed by atoms with Crippen LogP contribution in [0.1, 0.15) is 59.3 Å². The molecule has 0 bridgehead atoms. The van der Waals surface area contributed by atoms with Gasteiger partial charge in [-0.1, -0.05) is 45.6 Å². The molecule has 0 aliphatic rings. The molecule has 1 atom stereocenters. The average Bonchev–Trinajstić information content (AvgIpc) is 2.88. The molecule has 4 heteroatoms. The maximum Gasteiger partial charge on any atom is 0.193 e. The summed E-state index contributed by atoms with van der Waals surface area (Å²) < 4.78 is 25.2. The van der Waals surface area contributed by atoms with Crippen molar-refractivity contribution in [3.05, 3.63) is 17.5 Å². The lowest BCUT2D eigenvalue weighted by atomic mass is 9.99. The first-order valence-corrected chi connectivity index (χ1v) is 9.12. The Morgan fingerprint density at radius 1 is 1.22 bits per heavy atom. The Hall–Kier alpha value is -0.350. The summed E-state index contributed by atoms with van der Waals surface area (Å²) in [4.78, 5) is 0. The van der Waals surface area contributed by atoms with E-state index in [-0.39, 0.29) is 0 Å². The van der Waals surface area contributed by atoms with E-state index in [0.29, 0.717) is 10.6 Å². The molecule has 0 amide bonds. The second kappa shape index (κ2) is 6.71. The molecule has 2 nitrogen and oxygen atoms in total. The summed E-state index contributed by atoms with van der Waals surface area (Å²) in [5.41, 5.74) is 0. The van der Waals surface area contributed by atoms with Crippen LogP contribution in [0.15, 0.2) is 21.7 Å². The SMILES string of the molecule is CCCCCCC(C)(CC)S(=O)(=O)c1cccs1. The smallest absolute Gasteiger partial charge is 0.193 e. The molecule has 0 aliphatic heterocycles. The average molecular weight is 288 g/mol. The standard InChI is InChI=1S/C14H24O2S2/c1-4-6-7-8-11-14(3,5-2)18(15,16)13-10-9-12-17-13/h9-10,12H,4-8,11H2,1-3H3. The number of rotatable bonds is 8. The van der Waals surface area contributed by atoms with Crippen LogP contribution in [0.3, 0.4) is 0 Å². The molecule has 1 heterocycles. The zero-order valence-corrected chi connectivity index (χ0v) is 13.2. The summed E-state index contributed by atoms with van der Waals surface area (Å²) in [5.74, 6) is 0. The van der Waals surface area contributed by atoms with Crippen molar-refractivity contribution < 1.29 is 8.42 Å². The molecule has 1 rings (SSSR count). The molecule has 18 heavy (non-hydrogen) atoms. The molecule has 0 fully saturated rings. The molecule has 1 aromatic rings. The lowest BCUT2D eigenvalue weighted by Gasteiger charge is -2.27. The van der Waals surface area contributed by atoms with Gasteiger partial charge in [0.05, 0.1) is 4.75 Å². The van der Waals surface area contributed by atoms with Crippen LogP contribution < -0.4 is 0 Å². The van der Waals surface area contributed by atoms with Crippen molar-refractivity contribution in [1.29, 1.82) is 0 Å². The largest absolute Gasteiger partial charge is 0.222 e. The van der Waals surface area contributed by atoms with Crippen LogP contribution in [0.25, 0.3) is 0 Å². The fourth-order valence-electron chi connectivity index (χ4n) is 2.09. The van der Waals surface area contributed by atoms with Gasteiger partial charge in [0, 0.05) is 0 Å². The van der Waals surface area contributed by atoms with Crippen molar-refractivity contribution in [2.24, 2.45) is 0 Å². The van der Waals surface area contributed by atoms with Crippen molar-refractivity contribution in [2.45, 2.75) is 68.3 Å². The van der Waals surface area contributed by atoms with E-state index in [0.717, 1.165) is 19.3 Å². The Morgan fingerprint density at radius 2 is 1.94 bits per heavy atom. The van der Waals surface area contributed by atoms with Crippen LogP contribution >= 0.6 is 11.3 Å². The van der Waals surface area contributed by atoms with Gasteiger partial charge < -0.3 is 0 Å². The van der Waals surface area contributed by atoms with E-state index in [4.69, 9.17) is 0 Å². The Labute approximate surface area is 115 Å². The molecule has 1 unspecified atom stereocenters. The number of hydrogen-bond acceptors (Lipinski definition) is 3. The minimum atomic E-state index is -3.18. The second-order valence-electron chi connectivity index (χ2n) is 5.05. The molecule has 0 N–H and O–H groups in total. The molecule has 0 saturated heterocycles. The predicted molar refractivity (Wildman–Crippen MR) is 79.0 cm³/mol. The van der Waals surface area contributed by atoms with Gasteiger partial charge in [0.15, 0.2) is 9.84 Å². The highest BCUT2D eigenvalue weighted by molar-refractivity contribution is 7.94. The van der Waals surface area contributed by atoms with E-state index < -0.39 is 14.6 Å². The van der Waals surface area contributed by atoms with Crippen molar-refractivity contribution in [3.8, 4) is 0 Å². The Balaban J connectivity index is 2.80. The normalized spacial score (nSPS) is 15.5. The summed E-state index contributed by atoms with van der Waals surface area (Å²) in [6, 6.07) is 3.53. The molecule has 0 saturated carbocycles. The topological polar surface area (TPSA) is 34.1 Å². The molecule has 0 spiro atoms. The number of unbranched alkanes of at least 4 members (excludes halogenated alkanes) is 3. The molecule has 0 aromatic carbocycles. The molecular weight excluding hydrogens is 264 g/mol. The third kappa shape index (κ3) is 3.35. The highest BCUT2D eigenvalue weighted by atomic mass is 32.2. The lowest BCUT2D eigenvalue weighted by molar-refractivity contribution is 0.470. The van der Waals surface area contributed by atoms with Crippen molar-refractivity contribution in [2.75, 3.05) is 0 Å². The molecule has 0 aliphatic carbocycles. The van der Waals surface area contributed by atoms with Gasteiger partial charge in [-0.25, -0.2) is 8.42 Å². The van der Waals surface area contributed by atoms with Gasteiger partial charge in [0.25, 0.3) is 0 Å². The van der Waals surface area contributed by atoms with Crippen LogP contribution in [0.4, 0.5) is 0 Å². The summed E-state index contributed by atoms with van der Waals surface area (Å²) in [6.45, 7) is 6.04. The van der Waals surface area contributed by atoms with Gasteiger partial charge in [0.1, 0.15) is 4.21 Å².